The van der Waals surface area contributed by atoms with Crippen molar-refractivity contribution in [2.24, 2.45) is 0 Å². The summed E-state index contributed by atoms with van der Waals surface area (Å²) in [6, 6.07) is 9.26. The lowest BCUT2D eigenvalue weighted by Gasteiger charge is -2.34. The van der Waals surface area contributed by atoms with E-state index in [-0.39, 0.29) is 12.5 Å². The first-order chi connectivity index (χ1) is 9.29. The van der Waals surface area contributed by atoms with Crippen LogP contribution in [0.15, 0.2) is 30.3 Å². The number of nitrogens with one attached hydrogen (secondary N) is 1. The van der Waals surface area contributed by atoms with Crippen LogP contribution in [0.25, 0.3) is 0 Å². The summed E-state index contributed by atoms with van der Waals surface area (Å²) in [5.74, 6) is -0.0293. The average molecular weight is 263 g/mol. The van der Waals surface area contributed by atoms with Crippen molar-refractivity contribution in [3.05, 3.63) is 35.9 Å². The van der Waals surface area contributed by atoms with Crippen LogP contribution >= 0.6 is 0 Å². The van der Waals surface area contributed by atoms with E-state index in [9.17, 15) is 4.79 Å². The van der Waals surface area contributed by atoms with Crippen LogP contribution in [0.5, 0.6) is 0 Å². The SMILES string of the molecule is O=C(NCN1CCN(CCO)CC1)c1ccccc1. The molecule has 1 aliphatic rings. The molecule has 1 amide bonds. The van der Waals surface area contributed by atoms with Gasteiger partial charge in [-0.15, -0.1) is 0 Å². The first kappa shape index (κ1) is 14.0. The van der Waals surface area contributed by atoms with Gasteiger partial charge in [0.2, 0.25) is 0 Å². The zero-order valence-electron chi connectivity index (χ0n) is 11.1. The number of rotatable bonds is 5. The van der Waals surface area contributed by atoms with E-state index in [1.807, 2.05) is 30.3 Å². The third-order valence-corrected chi connectivity index (χ3v) is 3.38. The van der Waals surface area contributed by atoms with Gasteiger partial charge in [-0.1, -0.05) is 18.2 Å². The molecule has 0 unspecified atom stereocenters. The summed E-state index contributed by atoms with van der Waals surface area (Å²) < 4.78 is 0. The summed E-state index contributed by atoms with van der Waals surface area (Å²) in [7, 11) is 0. The standard InChI is InChI=1S/C14H21N3O2/c18-11-10-16-6-8-17(9-7-16)12-15-14(19)13-4-2-1-3-5-13/h1-5,18H,6-12H2,(H,15,19). The average Bonchev–Trinajstić information content (AvgIpc) is 2.47. The van der Waals surface area contributed by atoms with Gasteiger partial charge in [0.25, 0.3) is 5.91 Å². The summed E-state index contributed by atoms with van der Waals surface area (Å²) in [5, 5.41) is 11.8. The number of nitrogens with zero attached hydrogens (tertiary/aromatic N) is 2. The Morgan fingerprint density at radius 1 is 1.11 bits per heavy atom. The maximum atomic E-state index is 11.9. The van der Waals surface area contributed by atoms with Crippen LogP contribution in [0.2, 0.25) is 0 Å². The molecule has 1 fully saturated rings. The van der Waals surface area contributed by atoms with Gasteiger partial charge in [0.15, 0.2) is 0 Å². The maximum absolute atomic E-state index is 11.9. The summed E-state index contributed by atoms with van der Waals surface area (Å²) >= 11 is 0. The van der Waals surface area contributed by atoms with Crippen molar-refractivity contribution in [1.82, 2.24) is 15.1 Å². The van der Waals surface area contributed by atoms with Gasteiger partial charge >= 0.3 is 0 Å². The lowest BCUT2D eigenvalue weighted by Crippen LogP contribution is -2.50. The Hall–Kier alpha value is -1.43. The van der Waals surface area contributed by atoms with Crippen LogP contribution in [0.1, 0.15) is 10.4 Å². The number of benzene rings is 1. The van der Waals surface area contributed by atoms with Crippen molar-refractivity contribution >= 4 is 5.91 Å². The summed E-state index contributed by atoms with van der Waals surface area (Å²) in [6.45, 7) is 5.28. The first-order valence-corrected chi connectivity index (χ1v) is 6.68. The van der Waals surface area contributed by atoms with Gasteiger partial charge in [-0.2, -0.15) is 0 Å². The number of hydrogen-bond acceptors (Lipinski definition) is 4. The lowest BCUT2D eigenvalue weighted by molar-refractivity contribution is 0.0847. The number of β-amino-alcohol motifs (C(OH)–C–C–N with tert-alkyl or cyclic N) is 1. The van der Waals surface area contributed by atoms with Gasteiger partial charge in [-0.3, -0.25) is 14.6 Å². The molecule has 0 bridgehead atoms. The predicted molar refractivity (Wildman–Crippen MR) is 73.9 cm³/mol. The molecule has 1 aromatic carbocycles. The van der Waals surface area contributed by atoms with Gasteiger partial charge in [-0.05, 0) is 12.1 Å². The molecule has 1 saturated heterocycles. The van der Waals surface area contributed by atoms with Crippen molar-refractivity contribution in [3.63, 3.8) is 0 Å². The highest BCUT2D eigenvalue weighted by molar-refractivity contribution is 5.94. The van der Waals surface area contributed by atoms with Crippen LogP contribution in [0.4, 0.5) is 0 Å². The van der Waals surface area contributed by atoms with Crippen LogP contribution in [0, 0.1) is 0 Å². The minimum atomic E-state index is -0.0293. The topological polar surface area (TPSA) is 55.8 Å². The zero-order valence-corrected chi connectivity index (χ0v) is 11.1. The monoisotopic (exact) mass is 263 g/mol. The van der Waals surface area contributed by atoms with E-state index >= 15 is 0 Å². The van der Waals surface area contributed by atoms with Gasteiger partial charge in [-0.25, -0.2) is 0 Å². The van der Waals surface area contributed by atoms with Crippen molar-refractivity contribution in [2.75, 3.05) is 46.0 Å². The molecule has 0 saturated carbocycles. The summed E-state index contributed by atoms with van der Waals surface area (Å²) in [4.78, 5) is 16.3. The Balaban J connectivity index is 1.71. The van der Waals surface area contributed by atoms with E-state index in [1.165, 1.54) is 0 Å². The van der Waals surface area contributed by atoms with Crippen LogP contribution < -0.4 is 5.32 Å². The van der Waals surface area contributed by atoms with Crippen molar-refractivity contribution in [2.45, 2.75) is 0 Å². The molecule has 5 nitrogen and oxygen atoms in total. The lowest BCUT2D eigenvalue weighted by atomic mass is 10.2. The van der Waals surface area contributed by atoms with Gasteiger partial charge < -0.3 is 10.4 Å². The number of carbonyl (C=O) groups excluding carboxylic acids is 1. The first-order valence-electron chi connectivity index (χ1n) is 6.68. The Bertz CT molecular complexity index is 389. The molecule has 0 radical (unpaired) electrons. The second kappa shape index (κ2) is 7.23. The molecular formula is C14H21N3O2. The highest BCUT2D eigenvalue weighted by atomic mass is 16.3. The summed E-state index contributed by atoms with van der Waals surface area (Å²) in [6.07, 6.45) is 0. The minimum Gasteiger partial charge on any atom is -0.395 e. The fourth-order valence-corrected chi connectivity index (χ4v) is 2.19. The normalized spacial score (nSPS) is 17.3. The molecule has 0 aliphatic carbocycles. The van der Waals surface area contributed by atoms with Crippen LogP contribution in [-0.2, 0) is 0 Å². The Kier molecular flexibility index (Phi) is 5.32. The quantitative estimate of drug-likeness (QED) is 0.784. The molecule has 0 aromatic heterocycles. The number of aliphatic hydroxyl groups excluding tert-OH is 1. The van der Waals surface area contributed by atoms with E-state index in [4.69, 9.17) is 5.11 Å². The largest absolute Gasteiger partial charge is 0.395 e. The molecule has 1 heterocycles. The van der Waals surface area contributed by atoms with E-state index in [0.29, 0.717) is 12.2 Å². The van der Waals surface area contributed by atoms with Crippen LogP contribution in [0.3, 0.4) is 0 Å². The summed E-state index contributed by atoms with van der Waals surface area (Å²) in [5.41, 5.74) is 0.696. The van der Waals surface area contributed by atoms with E-state index in [0.717, 1.165) is 32.7 Å². The van der Waals surface area contributed by atoms with Gasteiger partial charge in [0.05, 0.1) is 13.3 Å². The van der Waals surface area contributed by atoms with Gasteiger partial charge in [0, 0.05) is 38.3 Å². The van der Waals surface area contributed by atoms with E-state index < -0.39 is 0 Å². The molecule has 0 atom stereocenters. The van der Waals surface area contributed by atoms with Crippen molar-refractivity contribution < 1.29 is 9.90 Å². The molecule has 0 spiro atoms. The Morgan fingerprint density at radius 2 is 1.74 bits per heavy atom. The van der Waals surface area contributed by atoms with Crippen LogP contribution in [-0.4, -0.2) is 66.8 Å². The minimum absolute atomic E-state index is 0.0293. The number of hydrogen-bond donors (Lipinski definition) is 2. The third kappa shape index (κ3) is 4.31. The van der Waals surface area contributed by atoms with Gasteiger partial charge in [0.1, 0.15) is 0 Å². The highest BCUT2D eigenvalue weighted by Gasteiger charge is 2.16. The molecule has 1 aliphatic heterocycles. The maximum Gasteiger partial charge on any atom is 0.252 e. The fraction of sp³-hybridized carbons (Fsp3) is 0.500. The predicted octanol–water partition coefficient (Wildman–Crippen LogP) is -0.0162. The molecule has 1 aromatic rings. The number of aliphatic hydroxyl groups is 1. The Morgan fingerprint density at radius 3 is 2.37 bits per heavy atom. The smallest absolute Gasteiger partial charge is 0.252 e. The van der Waals surface area contributed by atoms with E-state index in [2.05, 4.69) is 15.1 Å². The number of carbonyl (C=O) groups is 1. The van der Waals surface area contributed by atoms with Crippen molar-refractivity contribution in [3.8, 4) is 0 Å². The highest BCUT2D eigenvalue weighted by Crippen LogP contribution is 2.01. The second-order valence-electron chi connectivity index (χ2n) is 4.71. The van der Waals surface area contributed by atoms with Crippen molar-refractivity contribution in [1.29, 1.82) is 0 Å². The molecule has 104 valence electrons. The number of amides is 1. The van der Waals surface area contributed by atoms with E-state index in [1.54, 1.807) is 0 Å². The zero-order chi connectivity index (χ0) is 13.5. The Labute approximate surface area is 113 Å². The molecule has 2 N–H and O–H groups in total. The number of piperazine rings is 1. The second-order valence-corrected chi connectivity index (χ2v) is 4.71. The molecular weight excluding hydrogens is 242 g/mol. The third-order valence-electron chi connectivity index (χ3n) is 3.38. The molecule has 19 heavy (non-hydrogen) atoms. The molecule has 2 rings (SSSR count). The fourth-order valence-electron chi connectivity index (χ4n) is 2.19. The molecule has 5 heteroatoms.